The van der Waals surface area contributed by atoms with Crippen LogP contribution in [0.2, 0.25) is 0 Å². The molecule has 1 amide bonds. The molecule has 3 aromatic rings. The maximum absolute atomic E-state index is 12.6. The van der Waals surface area contributed by atoms with Gasteiger partial charge in [0.15, 0.2) is 17.1 Å². The van der Waals surface area contributed by atoms with E-state index in [-0.39, 0.29) is 28.3 Å². The van der Waals surface area contributed by atoms with Crippen LogP contribution in [-0.4, -0.2) is 36.7 Å². The third kappa shape index (κ3) is 4.00. The Morgan fingerprint density at radius 2 is 1.97 bits per heavy atom. The maximum Gasteiger partial charge on any atom is 0.307 e. The van der Waals surface area contributed by atoms with Crippen molar-refractivity contribution >= 4 is 40.0 Å². The molecule has 0 saturated carbocycles. The van der Waals surface area contributed by atoms with Crippen molar-refractivity contribution in [3.05, 3.63) is 69.0 Å². The lowest BCUT2D eigenvalue weighted by Gasteiger charge is -2.41. The number of hydrazone groups is 1. The predicted octanol–water partition coefficient (Wildman–Crippen LogP) is 5.05. The number of likely N-dealkylation sites (N-methyl/N-ethyl adjacent to an activating group) is 1. The van der Waals surface area contributed by atoms with Crippen LogP contribution in [0.15, 0.2) is 45.9 Å². The van der Waals surface area contributed by atoms with E-state index < -0.39 is 10.8 Å². The normalized spacial score (nSPS) is 14.8. The fourth-order valence-electron chi connectivity index (χ4n) is 4.15. The zero-order valence-electron chi connectivity index (χ0n) is 19.9. The third-order valence-electron chi connectivity index (χ3n) is 6.20. The Morgan fingerprint density at radius 3 is 2.65 bits per heavy atom. The van der Waals surface area contributed by atoms with Gasteiger partial charge in [-0.05, 0) is 62.6 Å². The zero-order chi connectivity index (χ0) is 24.8. The van der Waals surface area contributed by atoms with Gasteiger partial charge in [-0.15, -0.1) is 0 Å². The van der Waals surface area contributed by atoms with Crippen molar-refractivity contribution < 1.29 is 18.9 Å². The first-order chi connectivity index (χ1) is 16.0. The summed E-state index contributed by atoms with van der Waals surface area (Å²) in [4.78, 5) is 25.4. The second-order valence-electron chi connectivity index (χ2n) is 8.90. The summed E-state index contributed by atoms with van der Waals surface area (Å²) in [5.74, 6) is -0.436. The van der Waals surface area contributed by atoms with Gasteiger partial charge in [0.2, 0.25) is 0 Å². The number of furan rings is 1. The van der Waals surface area contributed by atoms with E-state index in [9.17, 15) is 14.9 Å². The second kappa shape index (κ2) is 8.33. The van der Waals surface area contributed by atoms with Gasteiger partial charge in [-0.3, -0.25) is 14.9 Å². The van der Waals surface area contributed by atoms with E-state index >= 15 is 0 Å². The molecule has 0 atom stereocenters. The Kier molecular flexibility index (Phi) is 5.64. The summed E-state index contributed by atoms with van der Waals surface area (Å²) in [7, 11) is 3.45. The van der Waals surface area contributed by atoms with Crippen molar-refractivity contribution in [1.29, 1.82) is 0 Å². The topological polar surface area (TPSA) is 110 Å². The van der Waals surface area contributed by atoms with E-state index in [1.165, 1.54) is 30.9 Å². The number of amides is 1. The summed E-state index contributed by atoms with van der Waals surface area (Å²) in [6, 6.07) is 8.18. The van der Waals surface area contributed by atoms with E-state index in [4.69, 9.17) is 9.15 Å². The number of ether oxygens (including phenoxy) is 1. The number of non-ortho nitro benzene ring substituents is 1. The minimum Gasteiger partial charge on any atom is -0.493 e. The van der Waals surface area contributed by atoms with Gasteiger partial charge in [-0.2, -0.15) is 5.10 Å². The van der Waals surface area contributed by atoms with Crippen LogP contribution in [0.4, 0.5) is 11.4 Å². The summed E-state index contributed by atoms with van der Waals surface area (Å²) in [6.07, 6.45) is 3.82. The third-order valence-corrected chi connectivity index (χ3v) is 6.20. The van der Waals surface area contributed by atoms with E-state index in [1.54, 1.807) is 6.21 Å². The molecule has 1 aromatic heterocycles. The lowest BCUT2D eigenvalue weighted by molar-refractivity contribution is -0.384. The Hall–Kier alpha value is -4.14. The van der Waals surface area contributed by atoms with Crippen molar-refractivity contribution in [2.24, 2.45) is 5.10 Å². The molecule has 176 valence electrons. The molecule has 2 heterocycles. The average molecular weight is 463 g/mol. The van der Waals surface area contributed by atoms with Crippen molar-refractivity contribution in [2.75, 3.05) is 19.1 Å². The lowest BCUT2D eigenvalue weighted by Crippen LogP contribution is -2.42. The van der Waals surface area contributed by atoms with E-state index in [0.717, 1.165) is 22.4 Å². The number of carbonyl (C=O) groups excluding carboxylic acids is 1. The number of nitrogens with zero attached hydrogens (tertiary/aromatic N) is 3. The van der Waals surface area contributed by atoms with Crippen molar-refractivity contribution in [2.45, 2.75) is 33.2 Å². The SMILES string of the molecule is COc1cc([N+](=O)[O-])cc2cc(C(=O)N/N=C\c3cc4c(cc3C)N(C)C(C)(C)C=C4C)oc12. The first kappa shape index (κ1) is 23.0. The highest BCUT2D eigenvalue weighted by molar-refractivity contribution is 5.98. The highest BCUT2D eigenvalue weighted by Crippen LogP contribution is 2.39. The number of hydrogen-bond donors (Lipinski definition) is 1. The molecule has 0 bridgehead atoms. The predicted molar refractivity (Wildman–Crippen MR) is 132 cm³/mol. The Morgan fingerprint density at radius 1 is 1.24 bits per heavy atom. The number of nitro benzene ring substituents is 1. The van der Waals surface area contributed by atoms with Crippen molar-refractivity contribution in [3.8, 4) is 5.75 Å². The molecule has 0 saturated heterocycles. The number of anilines is 1. The maximum atomic E-state index is 12.6. The van der Waals surface area contributed by atoms with Gasteiger partial charge < -0.3 is 14.1 Å². The van der Waals surface area contributed by atoms with Crippen LogP contribution in [0.1, 0.15) is 48.0 Å². The first-order valence-electron chi connectivity index (χ1n) is 10.7. The van der Waals surface area contributed by atoms with E-state index in [1.807, 2.05) is 6.92 Å². The Balaban J connectivity index is 1.58. The van der Waals surface area contributed by atoms with Crippen molar-refractivity contribution in [3.63, 3.8) is 0 Å². The molecule has 9 nitrogen and oxygen atoms in total. The summed E-state index contributed by atoms with van der Waals surface area (Å²) in [5, 5.41) is 15.6. The van der Waals surface area contributed by atoms with Crippen LogP contribution >= 0.6 is 0 Å². The summed E-state index contributed by atoms with van der Waals surface area (Å²) < 4.78 is 10.8. The summed E-state index contributed by atoms with van der Waals surface area (Å²) >= 11 is 0. The molecular formula is C25H26N4O5. The average Bonchev–Trinajstić information content (AvgIpc) is 3.21. The number of methoxy groups -OCH3 is 1. The minimum atomic E-state index is -0.578. The smallest absolute Gasteiger partial charge is 0.307 e. The van der Waals surface area contributed by atoms with Gasteiger partial charge in [0, 0.05) is 29.8 Å². The van der Waals surface area contributed by atoms with Crippen LogP contribution in [0.3, 0.4) is 0 Å². The van der Waals surface area contributed by atoms with Gasteiger partial charge in [0.05, 0.1) is 29.9 Å². The van der Waals surface area contributed by atoms with Crippen LogP contribution < -0.4 is 15.1 Å². The summed E-state index contributed by atoms with van der Waals surface area (Å²) in [5.41, 5.74) is 7.82. The highest BCUT2D eigenvalue weighted by Gasteiger charge is 2.28. The molecule has 0 unspecified atom stereocenters. The van der Waals surface area contributed by atoms with Gasteiger partial charge in [-0.1, -0.05) is 6.08 Å². The van der Waals surface area contributed by atoms with E-state index in [2.05, 4.69) is 61.5 Å². The number of carbonyl (C=O) groups is 1. The first-order valence-corrected chi connectivity index (χ1v) is 10.7. The molecule has 4 rings (SSSR count). The number of rotatable bonds is 5. The van der Waals surface area contributed by atoms with Gasteiger partial charge >= 0.3 is 5.91 Å². The molecule has 1 aliphatic rings. The molecule has 1 N–H and O–H groups in total. The molecule has 9 heteroatoms. The molecule has 0 aliphatic carbocycles. The molecule has 2 aromatic carbocycles. The molecular weight excluding hydrogens is 436 g/mol. The van der Waals surface area contributed by atoms with Gasteiger partial charge in [0.25, 0.3) is 5.69 Å². The quantitative estimate of drug-likeness (QED) is 0.323. The number of allylic oxidation sites excluding steroid dienone is 1. The number of hydrogen-bond acceptors (Lipinski definition) is 7. The van der Waals surface area contributed by atoms with Crippen LogP contribution in [0.25, 0.3) is 16.5 Å². The van der Waals surface area contributed by atoms with Crippen LogP contribution in [0, 0.1) is 17.0 Å². The number of nitro groups is 1. The Bertz CT molecular complexity index is 1380. The number of fused-ring (bicyclic) bond motifs is 2. The fraction of sp³-hybridized carbons (Fsp3) is 0.280. The molecule has 0 spiro atoms. The lowest BCUT2D eigenvalue weighted by atomic mass is 9.87. The number of nitrogens with one attached hydrogen (secondary N) is 1. The number of aryl methyl sites for hydroxylation is 1. The number of benzene rings is 2. The zero-order valence-corrected chi connectivity index (χ0v) is 19.9. The fourth-order valence-corrected chi connectivity index (χ4v) is 4.15. The second-order valence-corrected chi connectivity index (χ2v) is 8.90. The highest BCUT2D eigenvalue weighted by atomic mass is 16.6. The van der Waals surface area contributed by atoms with Crippen LogP contribution in [0.5, 0.6) is 5.75 Å². The van der Waals surface area contributed by atoms with E-state index in [0.29, 0.717) is 5.39 Å². The molecule has 1 aliphatic heterocycles. The Labute approximate surface area is 196 Å². The molecule has 0 radical (unpaired) electrons. The van der Waals surface area contributed by atoms with Crippen molar-refractivity contribution in [1.82, 2.24) is 5.43 Å². The van der Waals surface area contributed by atoms with Gasteiger partial charge in [0.1, 0.15) is 0 Å². The monoisotopic (exact) mass is 462 g/mol. The summed E-state index contributed by atoms with van der Waals surface area (Å²) in [6.45, 7) is 8.43. The molecule has 34 heavy (non-hydrogen) atoms. The van der Waals surface area contributed by atoms with Gasteiger partial charge in [-0.25, -0.2) is 5.43 Å². The largest absolute Gasteiger partial charge is 0.493 e. The van der Waals surface area contributed by atoms with Crippen LogP contribution in [-0.2, 0) is 0 Å². The standard InChI is InChI=1S/C25H26N4O5/c1-14-7-20-19(15(2)12-25(3,4)28(20)5)9-17(14)13-26-27-24(30)22-10-16-8-18(29(31)32)11-21(33-6)23(16)34-22/h7-13H,1-6H3,(H,27,30)/b26-13-. The molecule has 0 fully saturated rings. The minimum absolute atomic E-state index is 0.0317.